The third-order valence-corrected chi connectivity index (χ3v) is 9.22. The number of amides is 2. The third kappa shape index (κ3) is 9.47. The molecular formula is C34H34Cl3N3O4S. The molecule has 236 valence electrons. The molecule has 0 aromatic heterocycles. The lowest BCUT2D eigenvalue weighted by molar-refractivity contribution is -0.140. The van der Waals surface area contributed by atoms with Crippen LogP contribution in [0.5, 0.6) is 0 Å². The van der Waals surface area contributed by atoms with Crippen LogP contribution >= 0.6 is 34.8 Å². The lowest BCUT2D eigenvalue weighted by Gasteiger charge is -2.35. The smallest absolute Gasteiger partial charge is 0.264 e. The number of halogens is 3. The van der Waals surface area contributed by atoms with Crippen molar-refractivity contribution in [2.45, 2.75) is 50.2 Å². The summed E-state index contributed by atoms with van der Waals surface area (Å²) in [5, 5.41) is 3.85. The van der Waals surface area contributed by atoms with E-state index in [1.54, 1.807) is 42.5 Å². The van der Waals surface area contributed by atoms with Crippen LogP contribution in [0.15, 0.2) is 108 Å². The summed E-state index contributed by atoms with van der Waals surface area (Å²) in [5.74, 6) is -0.999. The second kappa shape index (κ2) is 14.7. The minimum Gasteiger partial charge on any atom is -0.350 e. The molecule has 2 amide bonds. The number of hydrogen-bond acceptors (Lipinski definition) is 4. The molecule has 1 atom stereocenters. The molecule has 0 saturated carbocycles. The van der Waals surface area contributed by atoms with Crippen LogP contribution in [0.3, 0.4) is 0 Å². The van der Waals surface area contributed by atoms with E-state index < -0.39 is 34.1 Å². The van der Waals surface area contributed by atoms with Gasteiger partial charge in [0.05, 0.1) is 10.6 Å². The first-order valence-electron chi connectivity index (χ1n) is 14.2. The number of anilines is 1. The van der Waals surface area contributed by atoms with Crippen LogP contribution in [-0.4, -0.2) is 43.3 Å². The molecule has 0 bridgehead atoms. The van der Waals surface area contributed by atoms with E-state index in [9.17, 15) is 18.0 Å². The van der Waals surface area contributed by atoms with E-state index in [2.05, 4.69) is 5.32 Å². The molecule has 0 aliphatic heterocycles. The largest absolute Gasteiger partial charge is 0.350 e. The number of carbonyl (C=O) groups is 2. The van der Waals surface area contributed by atoms with Crippen molar-refractivity contribution in [2.75, 3.05) is 10.8 Å². The van der Waals surface area contributed by atoms with Crippen molar-refractivity contribution >= 4 is 62.3 Å². The molecule has 0 radical (unpaired) electrons. The van der Waals surface area contributed by atoms with E-state index in [0.29, 0.717) is 10.6 Å². The van der Waals surface area contributed by atoms with Crippen LogP contribution in [0.1, 0.15) is 31.9 Å². The van der Waals surface area contributed by atoms with E-state index in [1.165, 1.54) is 35.2 Å². The van der Waals surface area contributed by atoms with Crippen molar-refractivity contribution in [1.29, 1.82) is 0 Å². The van der Waals surface area contributed by atoms with Gasteiger partial charge in [-0.15, -0.1) is 0 Å². The van der Waals surface area contributed by atoms with Gasteiger partial charge < -0.3 is 10.2 Å². The highest BCUT2D eigenvalue weighted by molar-refractivity contribution is 7.92. The Morgan fingerprint density at radius 3 is 1.91 bits per heavy atom. The number of nitrogens with one attached hydrogen (secondary N) is 1. The van der Waals surface area contributed by atoms with Crippen molar-refractivity contribution < 1.29 is 18.0 Å². The summed E-state index contributed by atoms with van der Waals surface area (Å²) in [6.07, 6.45) is 0.184. The number of hydrogen-bond donors (Lipinski definition) is 1. The van der Waals surface area contributed by atoms with Gasteiger partial charge in [-0.3, -0.25) is 13.9 Å². The molecule has 4 rings (SSSR count). The lowest BCUT2D eigenvalue weighted by atomic mass is 10.0. The quantitative estimate of drug-likeness (QED) is 0.178. The summed E-state index contributed by atoms with van der Waals surface area (Å²) < 4.78 is 29.1. The highest BCUT2D eigenvalue weighted by Crippen LogP contribution is 2.30. The Bertz CT molecular complexity index is 1730. The maximum absolute atomic E-state index is 14.5. The molecule has 4 aromatic rings. The van der Waals surface area contributed by atoms with Gasteiger partial charge in [-0.1, -0.05) is 95.5 Å². The van der Waals surface area contributed by atoms with Crippen molar-refractivity contribution in [3.05, 3.63) is 129 Å². The molecule has 4 aromatic carbocycles. The summed E-state index contributed by atoms with van der Waals surface area (Å²) in [6.45, 7) is 4.91. The first-order chi connectivity index (χ1) is 21.2. The average molecular weight is 687 g/mol. The lowest BCUT2D eigenvalue weighted by Crippen LogP contribution is -2.56. The van der Waals surface area contributed by atoms with Gasteiger partial charge in [0.1, 0.15) is 12.6 Å². The maximum atomic E-state index is 14.5. The molecular weight excluding hydrogens is 653 g/mol. The van der Waals surface area contributed by atoms with Crippen molar-refractivity contribution in [3.63, 3.8) is 0 Å². The predicted octanol–water partition coefficient (Wildman–Crippen LogP) is 7.40. The minimum atomic E-state index is -4.28. The van der Waals surface area contributed by atoms with Crippen LogP contribution in [0.4, 0.5) is 5.69 Å². The zero-order chi connectivity index (χ0) is 32.8. The summed E-state index contributed by atoms with van der Waals surface area (Å²) >= 11 is 18.9. The van der Waals surface area contributed by atoms with Crippen LogP contribution in [0.2, 0.25) is 15.1 Å². The number of benzene rings is 4. The Hall–Kier alpha value is -3.56. The van der Waals surface area contributed by atoms with Crippen molar-refractivity contribution in [1.82, 2.24) is 10.2 Å². The molecule has 0 saturated heterocycles. The normalized spacial score (nSPS) is 12.3. The summed E-state index contributed by atoms with van der Waals surface area (Å²) in [4.78, 5) is 29.8. The fourth-order valence-electron chi connectivity index (χ4n) is 4.77. The van der Waals surface area contributed by atoms with Gasteiger partial charge >= 0.3 is 0 Å². The first-order valence-corrected chi connectivity index (χ1v) is 16.7. The SMILES string of the molecule is CC(C)(C)NC(=O)[C@H](Cc1ccccc1)N(Cc1cccc(Cl)c1)C(=O)CN(c1cc(Cl)cc(Cl)c1)S(=O)(=O)c1ccccc1. The molecule has 0 fully saturated rings. The number of sulfonamides is 1. The fourth-order valence-corrected chi connectivity index (χ4v) is 6.92. The highest BCUT2D eigenvalue weighted by atomic mass is 35.5. The predicted molar refractivity (Wildman–Crippen MR) is 181 cm³/mol. The van der Waals surface area contributed by atoms with E-state index in [4.69, 9.17) is 34.8 Å². The van der Waals surface area contributed by atoms with E-state index in [1.807, 2.05) is 51.1 Å². The zero-order valence-electron chi connectivity index (χ0n) is 25.1. The van der Waals surface area contributed by atoms with Crippen LogP contribution < -0.4 is 9.62 Å². The van der Waals surface area contributed by atoms with Crippen LogP contribution in [0.25, 0.3) is 0 Å². The van der Waals surface area contributed by atoms with Gasteiger partial charge in [0.25, 0.3) is 10.0 Å². The summed E-state index contributed by atoms with van der Waals surface area (Å²) in [5.41, 5.74) is 0.995. The molecule has 1 N–H and O–H groups in total. The molecule has 7 nitrogen and oxygen atoms in total. The molecule has 0 aliphatic carbocycles. The molecule has 45 heavy (non-hydrogen) atoms. The third-order valence-electron chi connectivity index (χ3n) is 6.76. The Kier molecular flexibility index (Phi) is 11.2. The molecule has 0 heterocycles. The van der Waals surface area contributed by atoms with Crippen molar-refractivity contribution in [2.24, 2.45) is 0 Å². The molecule has 0 spiro atoms. The topological polar surface area (TPSA) is 86.8 Å². The highest BCUT2D eigenvalue weighted by Gasteiger charge is 2.35. The second-order valence-corrected chi connectivity index (χ2v) is 14.7. The molecule has 11 heteroatoms. The van der Waals surface area contributed by atoms with Gasteiger partial charge in [0.2, 0.25) is 11.8 Å². The standard InChI is InChI=1S/C34H34Cl3N3O4S/c1-34(2,3)38-33(42)31(18-24-11-6-4-7-12-24)39(22-25-13-10-14-26(35)17-25)32(41)23-40(29-20-27(36)19-28(37)21-29)45(43,44)30-15-8-5-9-16-30/h4-17,19-21,31H,18,22-23H2,1-3H3,(H,38,42)/t31-/m0/s1. The number of nitrogens with zero attached hydrogens (tertiary/aromatic N) is 2. The zero-order valence-corrected chi connectivity index (χ0v) is 28.2. The number of carbonyl (C=O) groups excluding carboxylic acids is 2. The van der Waals surface area contributed by atoms with Gasteiger partial charge in [-0.25, -0.2) is 8.42 Å². The monoisotopic (exact) mass is 685 g/mol. The maximum Gasteiger partial charge on any atom is 0.264 e. The Labute approximate surface area is 279 Å². The summed E-state index contributed by atoms with van der Waals surface area (Å²) in [7, 11) is -4.28. The van der Waals surface area contributed by atoms with E-state index >= 15 is 0 Å². The van der Waals surface area contributed by atoms with Crippen molar-refractivity contribution in [3.8, 4) is 0 Å². The van der Waals surface area contributed by atoms with Gasteiger partial charge in [0, 0.05) is 33.6 Å². The first kappa shape index (κ1) is 34.3. The second-order valence-electron chi connectivity index (χ2n) is 11.5. The van der Waals surface area contributed by atoms with Gasteiger partial charge in [-0.2, -0.15) is 0 Å². The van der Waals surface area contributed by atoms with Crippen LogP contribution in [-0.2, 0) is 32.6 Å². The Balaban J connectivity index is 1.84. The van der Waals surface area contributed by atoms with Gasteiger partial charge in [-0.05, 0) is 74.4 Å². The van der Waals surface area contributed by atoms with Gasteiger partial charge in [0.15, 0.2) is 0 Å². The Morgan fingerprint density at radius 2 is 1.33 bits per heavy atom. The van der Waals surface area contributed by atoms with E-state index in [0.717, 1.165) is 9.87 Å². The molecule has 0 unspecified atom stereocenters. The van der Waals surface area contributed by atoms with Crippen LogP contribution in [0, 0.1) is 0 Å². The molecule has 0 aliphatic rings. The number of rotatable bonds is 11. The average Bonchev–Trinajstić information content (AvgIpc) is 2.97. The minimum absolute atomic E-state index is 0.00994. The summed E-state index contributed by atoms with van der Waals surface area (Å²) in [6, 6.07) is 27.4. The Morgan fingerprint density at radius 1 is 0.756 bits per heavy atom. The van der Waals surface area contributed by atoms with E-state index in [-0.39, 0.29) is 39.5 Å². The fraction of sp³-hybridized carbons (Fsp3) is 0.235.